The summed E-state index contributed by atoms with van der Waals surface area (Å²) in [5.41, 5.74) is 0. The van der Waals surface area contributed by atoms with Crippen LogP contribution >= 0.6 is 35.3 Å². The summed E-state index contributed by atoms with van der Waals surface area (Å²) in [7, 11) is 3.21. The van der Waals surface area contributed by atoms with Gasteiger partial charge >= 0.3 is 0 Å². The molecule has 2 heterocycles. The van der Waals surface area contributed by atoms with Gasteiger partial charge in [-0.05, 0) is 18.6 Å². The van der Waals surface area contributed by atoms with Gasteiger partial charge in [0, 0.05) is 52.1 Å². The van der Waals surface area contributed by atoms with Crippen molar-refractivity contribution in [2.45, 2.75) is 17.2 Å². The standard InChI is InChI=1S/C15H26N4O3S2.HI/c1-16-15(19-8-7-12(10-19)11-22-4)17-9-13-5-6-14(23-13)24(20,21)18(2)3;/h5-6,12H,7-11H2,1-4H3,(H,16,17);1H. The number of methoxy groups -OCH3 is 1. The molecule has 0 bridgehead atoms. The second-order valence-electron chi connectivity index (χ2n) is 5.96. The van der Waals surface area contributed by atoms with Crippen molar-refractivity contribution in [3.8, 4) is 0 Å². The van der Waals surface area contributed by atoms with Crippen molar-refractivity contribution < 1.29 is 13.2 Å². The molecule has 7 nitrogen and oxygen atoms in total. The molecule has 0 amide bonds. The molecule has 0 radical (unpaired) electrons. The molecule has 0 saturated carbocycles. The van der Waals surface area contributed by atoms with E-state index in [1.165, 1.54) is 15.6 Å². The first-order chi connectivity index (χ1) is 11.4. The van der Waals surface area contributed by atoms with E-state index in [1.54, 1.807) is 34.3 Å². The second-order valence-corrected chi connectivity index (χ2v) is 9.51. The number of sulfonamides is 1. The molecule has 1 atom stereocenters. The van der Waals surface area contributed by atoms with E-state index in [0.717, 1.165) is 37.0 Å². The van der Waals surface area contributed by atoms with Crippen molar-refractivity contribution in [1.82, 2.24) is 14.5 Å². The molecule has 2 rings (SSSR count). The summed E-state index contributed by atoms with van der Waals surface area (Å²) in [6, 6.07) is 3.50. The van der Waals surface area contributed by atoms with E-state index in [2.05, 4.69) is 15.2 Å². The summed E-state index contributed by atoms with van der Waals surface area (Å²) in [4.78, 5) is 7.51. The largest absolute Gasteiger partial charge is 0.384 e. The van der Waals surface area contributed by atoms with Gasteiger partial charge in [-0.1, -0.05) is 0 Å². The van der Waals surface area contributed by atoms with Gasteiger partial charge in [-0.15, -0.1) is 35.3 Å². The zero-order chi connectivity index (χ0) is 17.7. The SMILES string of the molecule is CN=C(NCc1ccc(S(=O)(=O)N(C)C)s1)N1CCC(COC)C1.I. The topological polar surface area (TPSA) is 74.2 Å². The summed E-state index contributed by atoms with van der Waals surface area (Å²) in [6.07, 6.45) is 1.10. The molecule has 0 aliphatic carbocycles. The minimum atomic E-state index is -3.36. The fourth-order valence-electron chi connectivity index (χ4n) is 2.67. The molecule has 25 heavy (non-hydrogen) atoms. The van der Waals surface area contributed by atoms with Gasteiger partial charge in [0.15, 0.2) is 5.96 Å². The maximum atomic E-state index is 12.1. The lowest BCUT2D eigenvalue weighted by molar-refractivity contribution is 0.157. The van der Waals surface area contributed by atoms with E-state index in [4.69, 9.17) is 4.74 Å². The second kappa shape index (κ2) is 10.0. The highest BCUT2D eigenvalue weighted by molar-refractivity contribution is 14.0. The first-order valence-corrected chi connectivity index (χ1v) is 10.1. The van der Waals surface area contributed by atoms with E-state index < -0.39 is 10.0 Å². The summed E-state index contributed by atoms with van der Waals surface area (Å²) < 4.78 is 31.1. The summed E-state index contributed by atoms with van der Waals surface area (Å²) in [6.45, 7) is 3.21. The Labute approximate surface area is 171 Å². The molecule has 1 fully saturated rings. The number of thiophene rings is 1. The predicted molar refractivity (Wildman–Crippen MR) is 112 cm³/mol. The summed E-state index contributed by atoms with van der Waals surface area (Å²) >= 11 is 1.29. The number of rotatable bonds is 6. The Bertz CT molecular complexity index is 676. The van der Waals surface area contributed by atoms with Gasteiger partial charge in [0.05, 0.1) is 13.2 Å². The summed E-state index contributed by atoms with van der Waals surface area (Å²) in [5.74, 6) is 1.38. The molecule has 1 aromatic rings. The van der Waals surface area contributed by atoms with Crippen LogP contribution in [-0.4, -0.2) is 71.5 Å². The first kappa shape index (κ1) is 22.6. The van der Waals surface area contributed by atoms with Gasteiger partial charge in [-0.2, -0.15) is 0 Å². The molecule has 1 aromatic heterocycles. The zero-order valence-electron chi connectivity index (χ0n) is 15.1. The van der Waals surface area contributed by atoms with E-state index in [0.29, 0.717) is 16.7 Å². The van der Waals surface area contributed by atoms with Crippen molar-refractivity contribution in [2.75, 3.05) is 47.9 Å². The zero-order valence-corrected chi connectivity index (χ0v) is 19.0. The average molecular weight is 502 g/mol. The Hall–Kier alpha value is -0.430. The third-order valence-corrected chi connectivity index (χ3v) is 7.36. The lowest BCUT2D eigenvalue weighted by atomic mass is 10.1. The summed E-state index contributed by atoms with van der Waals surface area (Å²) in [5, 5.41) is 3.32. The molecule has 1 aliphatic rings. The number of hydrogen-bond donors (Lipinski definition) is 1. The Kier molecular flexibility index (Phi) is 9.09. The van der Waals surface area contributed by atoms with Crippen molar-refractivity contribution >= 4 is 51.3 Å². The number of hydrogen-bond acceptors (Lipinski definition) is 5. The third-order valence-electron chi connectivity index (χ3n) is 3.99. The quantitative estimate of drug-likeness (QED) is 0.364. The van der Waals surface area contributed by atoms with E-state index in [-0.39, 0.29) is 24.0 Å². The maximum Gasteiger partial charge on any atom is 0.252 e. The third kappa shape index (κ3) is 5.78. The van der Waals surface area contributed by atoms with Crippen molar-refractivity contribution in [2.24, 2.45) is 10.9 Å². The predicted octanol–water partition coefficient (Wildman–Crippen LogP) is 1.66. The van der Waals surface area contributed by atoms with Crippen LogP contribution in [0.3, 0.4) is 0 Å². The van der Waals surface area contributed by atoms with Crippen LogP contribution in [0.2, 0.25) is 0 Å². The van der Waals surface area contributed by atoms with Gasteiger partial charge in [0.2, 0.25) is 0 Å². The number of likely N-dealkylation sites (tertiary alicyclic amines) is 1. The Morgan fingerprint density at radius 2 is 2.20 bits per heavy atom. The van der Waals surface area contributed by atoms with Crippen LogP contribution in [0.1, 0.15) is 11.3 Å². The fraction of sp³-hybridized carbons (Fsp3) is 0.667. The lowest BCUT2D eigenvalue weighted by Crippen LogP contribution is -2.39. The number of nitrogens with zero attached hydrogens (tertiary/aromatic N) is 3. The maximum absolute atomic E-state index is 12.1. The van der Waals surface area contributed by atoms with Gasteiger partial charge in [-0.25, -0.2) is 12.7 Å². The number of guanidine groups is 1. The molecule has 0 spiro atoms. The minimum Gasteiger partial charge on any atom is -0.384 e. The van der Waals surface area contributed by atoms with E-state index >= 15 is 0 Å². The van der Waals surface area contributed by atoms with Crippen LogP contribution in [-0.2, 0) is 21.3 Å². The van der Waals surface area contributed by atoms with E-state index in [1.807, 2.05) is 6.07 Å². The highest BCUT2D eigenvalue weighted by atomic mass is 127. The monoisotopic (exact) mass is 502 g/mol. The molecule has 10 heteroatoms. The Morgan fingerprint density at radius 3 is 2.80 bits per heavy atom. The lowest BCUT2D eigenvalue weighted by Gasteiger charge is -2.21. The fourth-order valence-corrected chi connectivity index (χ4v) is 5.13. The first-order valence-electron chi connectivity index (χ1n) is 7.84. The smallest absolute Gasteiger partial charge is 0.252 e. The molecule has 1 unspecified atom stereocenters. The number of nitrogens with one attached hydrogen (secondary N) is 1. The van der Waals surface area contributed by atoms with Crippen LogP contribution in [0.15, 0.2) is 21.3 Å². The molecule has 1 saturated heterocycles. The van der Waals surface area contributed by atoms with E-state index in [9.17, 15) is 8.42 Å². The van der Waals surface area contributed by atoms with Gasteiger partial charge in [0.25, 0.3) is 10.0 Å². The molecule has 1 N–H and O–H groups in total. The van der Waals surface area contributed by atoms with Crippen LogP contribution in [0.25, 0.3) is 0 Å². The van der Waals surface area contributed by atoms with Crippen LogP contribution < -0.4 is 5.32 Å². The van der Waals surface area contributed by atoms with Gasteiger partial charge < -0.3 is 15.0 Å². The molecule has 144 valence electrons. The normalized spacial score (nSPS) is 18.5. The van der Waals surface area contributed by atoms with Crippen LogP contribution in [0.4, 0.5) is 0 Å². The number of aliphatic imine (C=N–C) groups is 1. The van der Waals surface area contributed by atoms with Gasteiger partial charge in [0.1, 0.15) is 4.21 Å². The highest BCUT2D eigenvalue weighted by Crippen LogP contribution is 2.24. The number of halogens is 1. The molecule has 0 aromatic carbocycles. The average Bonchev–Trinajstić information content (AvgIpc) is 3.18. The highest BCUT2D eigenvalue weighted by Gasteiger charge is 2.25. The van der Waals surface area contributed by atoms with Crippen molar-refractivity contribution in [3.63, 3.8) is 0 Å². The minimum absolute atomic E-state index is 0. The Balaban J connectivity index is 0.00000312. The molecule has 1 aliphatic heterocycles. The van der Waals surface area contributed by atoms with Crippen LogP contribution in [0, 0.1) is 5.92 Å². The van der Waals surface area contributed by atoms with Gasteiger partial charge in [-0.3, -0.25) is 4.99 Å². The Morgan fingerprint density at radius 1 is 1.48 bits per heavy atom. The van der Waals surface area contributed by atoms with Crippen molar-refractivity contribution in [1.29, 1.82) is 0 Å². The molecular formula is C15H27IN4O3S2. The van der Waals surface area contributed by atoms with Crippen LogP contribution in [0.5, 0.6) is 0 Å². The van der Waals surface area contributed by atoms with Crippen molar-refractivity contribution in [3.05, 3.63) is 17.0 Å². The number of ether oxygens (including phenoxy) is 1. The molecular weight excluding hydrogens is 475 g/mol.